The molecule has 118 valence electrons. The maximum atomic E-state index is 9.47. The van der Waals surface area contributed by atoms with Gasteiger partial charge in [-0.25, -0.2) is 0 Å². The molecular weight excluding hydrogens is 298 g/mol. The maximum Gasteiger partial charge on any atom is 0.122 e. The Hall–Kier alpha value is -1.71. The summed E-state index contributed by atoms with van der Waals surface area (Å²) in [5, 5.41) is 12.6. The molecule has 2 aromatic rings. The standard InChI is InChI=1S/C18H22ClNO2/c1-13-6-7-18(14(2)8-13)22-12-15-4-3-5-16(9-15)20-11-17(21)10-19/h3-9,17,20-21H,10-12H2,1-2H3. The zero-order valence-electron chi connectivity index (χ0n) is 13.0. The van der Waals surface area contributed by atoms with Crippen molar-refractivity contribution in [3.8, 4) is 5.75 Å². The highest BCUT2D eigenvalue weighted by molar-refractivity contribution is 6.18. The average Bonchev–Trinajstić information content (AvgIpc) is 2.52. The lowest BCUT2D eigenvalue weighted by Gasteiger charge is -2.13. The van der Waals surface area contributed by atoms with Crippen molar-refractivity contribution in [3.05, 3.63) is 59.2 Å². The average molecular weight is 320 g/mol. The number of aliphatic hydroxyl groups excluding tert-OH is 1. The second kappa shape index (κ2) is 8.06. The van der Waals surface area contributed by atoms with E-state index in [1.165, 1.54) is 5.56 Å². The summed E-state index contributed by atoms with van der Waals surface area (Å²) in [6, 6.07) is 14.1. The van der Waals surface area contributed by atoms with Crippen molar-refractivity contribution in [1.82, 2.24) is 0 Å². The Labute approximate surface area is 136 Å². The lowest BCUT2D eigenvalue weighted by Crippen LogP contribution is -2.20. The van der Waals surface area contributed by atoms with E-state index in [-0.39, 0.29) is 5.88 Å². The fraction of sp³-hybridized carbons (Fsp3) is 0.333. The highest BCUT2D eigenvalue weighted by Crippen LogP contribution is 2.20. The molecular formula is C18H22ClNO2. The molecule has 0 aromatic heterocycles. The Morgan fingerprint density at radius 3 is 2.73 bits per heavy atom. The van der Waals surface area contributed by atoms with Gasteiger partial charge in [-0.1, -0.05) is 29.8 Å². The van der Waals surface area contributed by atoms with Crippen molar-refractivity contribution in [2.45, 2.75) is 26.6 Å². The molecule has 0 saturated heterocycles. The number of hydrogen-bond donors (Lipinski definition) is 2. The molecule has 1 unspecified atom stereocenters. The lowest BCUT2D eigenvalue weighted by atomic mass is 10.1. The second-order valence-corrected chi connectivity index (χ2v) is 5.76. The Morgan fingerprint density at radius 2 is 2.00 bits per heavy atom. The summed E-state index contributed by atoms with van der Waals surface area (Å²) in [5.41, 5.74) is 4.39. The van der Waals surface area contributed by atoms with E-state index in [4.69, 9.17) is 16.3 Å². The molecule has 0 bridgehead atoms. The smallest absolute Gasteiger partial charge is 0.122 e. The number of ether oxygens (including phenoxy) is 1. The molecule has 4 heteroatoms. The molecule has 0 heterocycles. The van der Waals surface area contributed by atoms with Crippen molar-refractivity contribution in [2.75, 3.05) is 17.7 Å². The quantitative estimate of drug-likeness (QED) is 0.761. The van der Waals surface area contributed by atoms with E-state index in [0.717, 1.165) is 22.6 Å². The summed E-state index contributed by atoms with van der Waals surface area (Å²) >= 11 is 5.58. The fourth-order valence-corrected chi connectivity index (χ4v) is 2.29. The molecule has 3 nitrogen and oxygen atoms in total. The molecule has 0 fully saturated rings. The van der Waals surface area contributed by atoms with Crippen LogP contribution in [0, 0.1) is 13.8 Å². The normalized spacial score (nSPS) is 12.0. The van der Waals surface area contributed by atoms with Crippen LogP contribution in [0.3, 0.4) is 0 Å². The monoisotopic (exact) mass is 319 g/mol. The summed E-state index contributed by atoms with van der Waals surface area (Å²) in [6.07, 6.45) is -0.545. The molecule has 1 atom stereocenters. The fourth-order valence-electron chi connectivity index (χ4n) is 2.18. The Kier molecular flexibility index (Phi) is 6.10. The van der Waals surface area contributed by atoms with Crippen LogP contribution in [0.15, 0.2) is 42.5 Å². The summed E-state index contributed by atoms with van der Waals surface area (Å²) in [5.74, 6) is 1.13. The first-order valence-corrected chi connectivity index (χ1v) is 7.89. The third kappa shape index (κ3) is 4.93. The molecule has 0 saturated carbocycles. The summed E-state index contributed by atoms with van der Waals surface area (Å²) in [4.78, 5) is 0. The van der Waals surface area contributed by atoms with Gasteiger partial charge < -0.3 is 15.2 Å². The van der Waals surface area contributed by atoms with E-state index in [2.05, 4.69) is 18.3 Å². The van der Waals surface area contributed by atoms with Gasteiger partial charge in [0.15, 0.2) is 0 Å². The first-order chi connectivity index (χ1) is 10.6. The van der Waals surface area contributed by atoms with Gasteiger partial charge in [0.25, 0.3) is 0 Å². The minimum absolute atomic E-state index is 0.225. The van der Waals surface area contributed by atoms with E-state index in [0.29, 0.717) is 13.2 Å². The van der Waals surface area contributed by atoms with E-state index < -0.39 is 6.10 Å². The molecule has 2 aromatic carbocycles. The molecule has 2 rings (SSSR count). The number of aryl methyl sites for hydroxylation is 2. The zero-order valence-corrected chi connectivity index (χ0v) is 13.7. The first-order valence-electron chi connectivity index (χ1n) is 7.35. The van der Waals surface area contributed by atoms with Crippen molar-refractivity contribution < 1.29 is 9.84 Å². The number of alkyl halides is 1. The van der Waals surface area contributed by atoms with Gasteiger partial charge in [0.05, 0.1) is 12.0 Å². The summed E-state index contributed by atoms with van der Waals surface area (Å²) in [7, 11) is 0. The zero-order chi connectivity index (χ0) is 15.9. The molecule has 0 aliphatic rings. The van der Waals surface area contributed by atoms with Gasteiger partial charge in [-0.3, -0.25) is 0 Å². The second-order valence-electron chi connectivity index (χ2n) is 5.45. The van der Waals surface area contributed by atoms with E-state index in [1.54, 1.807) is 0 Å². The van der Waals surface area contributed by atoms with Crippen molar-refractivity contribution in [2.24, 2.45) is 0 Å². The van der Waals surface area contributed by atoms with Gasteiger partial charge in [-0.15, -0.1) is 11.6 Å². The number of halogens is 1. The van der Waals surface area contributed by atoms with Crippen LogP contribution in [-0.2, 0) is 6.61 Å². The number of rotatable bonds is 7. The Bertz CT molecular complexity index is 616. The maximum absolute atomic E-state index is 9.47. The molecule has 0 spiro atoms. The van der Waals surface area contributed by atoms with Crippen LogP contribution in [0.5, 0.6) is 5.75 Å². The number of benzene rings is 2. The highest BCUT2D eigenvalue weighted by Gasteiger charge is 2.03. The van der Waals surface area contributed by atoms with E-state index in [1.807, 2.05) is 43.3 Å². The number of nitrogens with one attached hydrogen (secondary N) is 1. The molecule has 0 radical (unpaired) electrons. The van der Waals surface area contributed by atoms with Crippen LogP contribution in [0.4, 0.5) is 5.69 Å². The molecule has 22 heavy (non-hydrogen) atoms. The van der Waals surface area contributed by atoms with Gasteiger partial charge in [0, 0.05) is 12.2 Å². The summed E-state index contributed by atoms with van der Waals surface area (Å²) < 4.78 is 5.88. The lowest BCUT2D eigenvalue weighted by molar-refractivity contribution is 0.211. The van der Waals surface area contributed by atoms with Crippen LogP contribution in [0.25, 0.3) is 0 Å². The predicted molar refractivity (Wildman–Crippen MR) is 91.9 cm³/mol. The van der Waals surface area contributed by atoms with Crippen LogP contribution in [0.1, 0.15) is 16.7 Å². The molecule has 0 aliphatic carbocycles. The van der Waals surface area contributed by atoms with E-state index in [9.17, 15) is 5.11 Å². The molecule has 0 amide bonds. The predicted octanol–water partition coefficient (Wildman–Crippen LogP) is 3.89. The van der Waals surface area contributed by atoms with Gasteiger partial charge in [0.2, 0.25) is 0 Å². The van der Waals surface area contributed by atoms with Crippen LogP contribution >= 0.6 is 11.6 Å². The first kappa shape index (κ1) is 16.7. The minimum Gasteiger partial charge on any atom is -0.489 e. The number of aliphatic hydroxyl groups is 1. The highest BCUT2D eigenvalue weighted by atomic mass is 35.5. The van der Waals surface area contributed by atoms with Crippen molar-refractivity contribution in [1.29, 1.82) is 0 Å². The van der Waals surface area contributed by atoms with Crippen LogP contribution in [-0.4, -0.2) is 23.6 Å². The van der Waals surface area contributed by atoms with Crippen molar-refractivity contribution in [3.63, 3.8) is 0 Å². The topological polar surface area (TPSA) is 41.5 Å². The third-order valence-corrected chi connectivity index (χ3v) is 3.73. The Balaban J connectivity index is 1.95. The van der Waals surface area contributed by atoms with E-state index >= 15 is 0 Å². The Morgan fingerprint density at radius 1 is 1.18 bits per heavy atom. The largest absolute Gasteiger partial charge is 0.489 e. The van der Waals surface area contributed by atoms with Gasteiger partial charge >= 0.3 is 0 Å². The SMILES string of the molecule is Cc1ccc(OCc2cccc(NCC(O)CCl)c2)c(C)c1. The molecule has 0 aliphatic heterocycles. The van der Waals surface area contributed by atoms with Crippen molar-refractivity contribution >= 4 is 17.3 Å². The van der Waals surface area contributed by atoms with Gasteiger partial charge in [-0.2, -0.15) is 0 Å². The number of hydrogen-bond acceptors (Lipinski definition) is 3. The number of anilines is 1. The molecule has 2 N–H and O–H groups in total. The van der Waals surface area contributed by atoms with Gasteiger partial charge in [-0.05, 0) is 43.2 Å². The van der Waals surface area contributed by atoms with Crippen LogP contribution in [0.2, 0.25) is 0 Å². The minimum atomic E-state index is -0.545. The van der Waals surface area contributed by atoms with Gasteiger partial charge in [0.1, 0.15) is 12.4 Å². The summed E-state index contributed by atoms with van der Waals surface area (Å²) in [6.45, 7) is 5.07. The third-order valence-electron chi connectivity index (χ3n) is 3.37. The van der Waals surface area contributed by atoms with Crippen LogP contribution < -0.4 is 10.1 Å².